The van der Waals surface area contributed by atoms with Crippen LogP contribution in [0.5, 0.6) is 0 Å². The summed E-state index contributed by atoms with van der Waals surface area (Å²) in [5.74, 6) is 3.95. The molecule has 0 amide bonds. The van der Waals surface area contributed by atoms with E-state index in [0.29, 0.717) is 5.41 Å². The molecule has 0 aliphatic heterocycles. The van der Waals surface area contributed by atoms with Gasteiger partial charge in [-0.15, -0.1) is 0 Å². The number of fused-ring (bicyclic) bond motifs is 1. The summed E-state index contributed by atoms with van der Waals surface area (Å²) in [6.45, 7) is 9.91. The van der Waals surface area contributed by atoms with E-state index in [1.807, 2.05) is 0 Å². The van der Waals surface area contributed by atoms with Gasteiger partial charge in [-0.3, -0.25) is 0 Å². The van der Waals surface area contributed by atoms with E-state index in [9.17, 15) is 0 Å². The molecule has 0 heteroatoms. The van der Waals surface area contributed by atoms with Gasteiger partial charge in [-0.25, -0.2) is 0 Å². The van der Waals surface area contributed by atoms with Gasteiger partial charge in [0.25, 0.3) is 0 Å². The number of hydrogen-bond acceptors (Lipinski definition) is 0. The summed E-state index contributed by atoms with van der Waals surface area (Å²) in [6.07, 6.45) is 9.01. The van der Waals surface area contributed by atoms with Gasteiger partial charge < -0.3 is 0 Å². The third kappa shape index (κ3) is 2.10. The van der Waals surface area contributed by atoms with Crippen molar-refractivity contribution in [1.29, 1.82) is 0 Å². The maximum absolute atomic E-state index is 2.57. The summed E-state index contributed by atoms with van der Waals surface area (Å²) in [7, 11) is 0. The third-order valence-electron chi connectivity index (χ3n) is 5.58. The predicted molar refractivity (Wildman–Crippen MR) is 66.8 cm³/mol. The Morgan fingerprint density at radius 2 is 1.87 bits per heavy atom. The average molecular weight is 208 g/mol. The molecular weight excluding hydrogens is 180 g/mol. The molecule has 0 aromatic carbocycles. The molecule has 2 aliphatic carbocycles. The van der Waals surface area contributed by atoms with E-state index in [-0.39, 0.29) is 0 Å². The summed E-state index contributed by atoms with van der Waals surface area (Å²) in [5, 5.41) is 0. The van der Waals surface area contributed by atoms with Crippen molar-refractivity contribution >= 4 is 0 Å². The third-order valence-corrected chi connectivity index (χ3v) is 5.58. The standard InChI is InChI=1S/C15H28/c1-11(2)13-7-9-15(4)8-5-6-12(3)14(15)10-13/h11-14H,5-10H2,1-4H3/t12-,13-,14+,15+/m1/s1. The van der Waals surface area contributed by atoms with Crippen LogP contribution in [0.15, 0.2) is 0 Å². The molecular formula is C15H28. The topological polar surface area (TPSA) is 0 Å². The lowest BCUT2D eigenvalue weighted by Gasteiger charge is -2.51. The molecule has 2 rings (SSSR count). The number of rotatable bonds is 1. The first-order chi connectivity index (χ1) is 7.03. The predicted octanol–water partition coefficient (Wildman–Crippen LogP) is 4.89. The Hall–Kier alpha value is 0. The van der Waals surface area contributed by atoms with Gasteiger partial charge in [-0.05, 0) is 54.8 Å². The van der Waals surface area contributed by atoms with Gasteiger partial charge in [0, 0.05) is 0 Å². The van der Waals surface area contributed by atoms with E-state index in [4.69, 9.17) is 0 Å². The van der Waals surface area contributed by atoms with Crippen LogP contribution in [-0.4, -0.2) is 0 Å². The molecule has 2 aliphatic rings. The fourth-order valence-electron chi connectivity index (χ4n) is 4.29. The minimum absolute atomic E-state index is 0.711. The SMILES string of the molecule is CC(C)[C@@H]1CC[C@]2(C)CCC[C@@H](C)[C@@H]2C1. The summed E-state index contributed by atoms with van der Waals surface area (Å²) in [5.41, 5.74) is 0.711. The van der Waals surface area contributed by atoms with E-state index in [0.717, 1.165) is 23.7 Å². The molecule has 88 valence electrons. The van der Waals surface area contributed by atoms with Crippen molar-refractivity contribution in [1.82, 2.24) is 0 Å². The Morgan fingerprint density at radius 3 is 2.53 bits per heavy atom. The van der Waals surface area contributed by atoms with Crippen LogP contribution in [0.25, 0.3) is 0 Å². The van der Waals surface area contributed by atoms with E-state index in [2.05, 4.69) is 27.7 Å². The Kier molecular flexibility index (Phi) is 3.14. The molecule has 0 spiro atoms. The van der Waals surface area contributed by atoms with Gasteiger partial charge in [-0.1, -0.05) is 40.5 Å². The Bertz CT molecular complexity index is 218. The molecule has 0 nitrogen and oxygen atoms in total. The largest absolute Gasteiger partial charge is 0.0625 e. The molecule has 2 fully saturated rings. The van der Waals surface area contributed by atoms with Crippen molar-refractivity contribution in [2.45, 2.75) is 66.2 Å². The summed E-state index contributed by atoms with van der Waals surface area (Å²) in [4.78, 5) is 0. The van der Waals surface area contributed by atoms with Crippen molar-refractivity contribution in [3.05, 3.63) is 0 Å². The summed E-state index contributed by atoms with van der Waals surface area (Å²) >= 11 is 0. The lowest BCUT2D eigenvalue weighted by molar-refractivity contribution is -0.00939. The molecule has 0 aromatic heterocycles. The monoisotopic (exact) mass is 208 g/mol. The van der Waals surface area contributed by atoms with Crippen molar-refractivity contribution in [3.63, 3.8) is 0 Å². The second kappa shape index (κ2) is 4.11. The fourth-order valence-corrected chi connectivity index (χ4v) is 4.29. The fraction of sp³-hybridized carbons (Fsp3) is 1.00. The van der Waals surface area contributed by atoms with Crippen LogP contribution in [0.2, 0.25) is 0 Å². The van der Waals surface area contributed by atoms with Gasteiger partial charge in [0.2, 0.25) is 0 Å². The summed E-state index contributed by atoms with van der Waals surface area (Å²) in [6, 6.07) is 0. The second-order valence-electron chi connectivity index (χ2n) is 6.91. The minimum Gasteiger partial charge on any atom is -0.0625 e. The van der Waals surface area contributed by atoms with E-state index in [1.165, 1.54) is 38.5 Å². The Morgan fingerprint density at radius 1 is 1.13 bits per heavy atom. The van der Waals surface area contributed by atoms with Gasteiger partial charge >= 0.3 is 0 Å². The lowest BCUT2D eigenvalue weighted by Crippen LogP contribution is -2.41. The average Bonchev–Trinajstić information content (AvgIpc) is 2.17. The highest BCUT2D eigenvalue weighted by molar-refractivity contribution is 4.94. The molecule has 0 unspecified atom stereocenters. The van der Waals surface area contributed by atoms with Gasteiger partial charge in [0.1, 0.15) is 0 Å². The highest BCUT2D eigenvalue weighted by Gasteiger charge is 2.44. The molecule has 4 atom stereocenters. The zero-order chi connectivity index (χ0) is 11.1. The van der Waals surface area contributed by atoms with Crippen LogP contribution in [0.3, 0.4) is 0 Å². The highest BCUT2D eigenvalue weighted by atomic mass is 14.5. The first-order valence-corrected chi connectivity index (χ1v) is 7.03. The van der Waals surface area contributed by atoms with Crippen molar-refractivity contribution in [2.75, 3.05) is 0 Å². The van der Waals surface area contributed by atoms with E-state index in [1.54, 1.807) is 0 Å². The quantitative estimate of drug-likeness (QED) is 0.576. The van der Waals surface area contributed by atoms with E-state index >= 15 is 0 Å². The molecule has 0 saturated heterocycles. The van der Waals surface area contributed by atoms with Gasteiger partial charge in [0.15, 0.2) is 0 Å². The first-order valence-electron chi connectivity index (χ1n) is 7.03. The van der Waals surface area contributed by atoms with Gasteiger partial charge in [0.05, 0.1) is 0 Å². The second-order valence-corrected chi connectivity index (χ2v) is 6.91. The maximum atomic E-state index is 2.57. The summed E-state index contributed by atoms with van der Waals surface area (Å²) < 4.78 is 0. The first kappa shape index (κ1) is 11.5. The molecule has 0 N–H and O–H groups in total. The highest BCUT2D eigenvalue weighted by Crippen LogP contribution is 2.54. The number of hydrogen-bond donors (Lipinski definition) is 0. The zero-order valence-corrected chi connectivity index (χ0v) is 11.1. The normalized spacial score (nSPS) is 46.6. The van der Waals surface area contributed by atoms with Gasteiger partial charge in [-0.2, -0.15) is 0 Å². The smallest absolute Gasteiger partial charge is 0.0295 e. The van der Waals surface area contributed by atoms with Crippen LogP contribution >= 0.6 is 0 Å². The Balaban J connectivity index is 2.09. The molecule has 0 radical (unpaired) electrons. The lowest BCUT2D eigenvalue weighted by atomic mass is 9.54. The molecule has 0 aromatic rings. The van der Waals surface area contributed by atoms with Crippen LogP contribution in [0, 0.1) is 29.1 Å². The van der Waals surface area contributed by atoms with Crippen LogP contribution in [0.1, 0.15) is 66.2 Å². The molecule has 2 saturated carbocycles. The van der Waals surface area contributed by atoms with Crippen LogP contribution in [0.4, 0.5) is 0 Å². The molecule has 0 heterocycles. The van der Waals surface area contributed by atoms with Crippen molar-refractivity contribution < 1.29 is 0 Å². The van der Waals surface area contributed by atoms with E-state index < -0.39 is 0 Å². The van der Waals surface area contributed by atoms with Crippen LogP contribution < -0.4 is 0 Å². The van der Waals surface area contributed by atoms with Crippen molar-refractivity contribution in [2.24, 2.45) is 29.1 Å². The van der Waals surface area contributed by atoms with Crippen molar-refractivity contribution in [3.8, 4) is 0 Å². The molecule has 0 bridgehead atoms. The van der Waals surface area contributed by atoms with Crippen LogP contribution in [-0.2, 0) is 0 Å². The minimum atomic E-state index is 0.711. The zero-order valence-electron chi connectivity index (χ0n) is 11.1. The maximum Gasteiger partial charge on any atom is -0.0295 e. The Labute approximate surface area is 95.8 Å². The molecule has 15 heavy (non-hydrogen) atoms.